The van der Waals surface area contributed by atoms with Crippen molar-refractivity contribution < 1.29 is 9.84 Å². The number of morpholine rings is 1. The van der Waals surface area contributed by atoms with Crippen LogP contribution in [0, 0.1) is 6.92 Å². The van der Waals surface area contributed by atoms with Gasteiger partial charge in [0.05, 0.1) is 24.6 Å². The van der Waals surface area contributed by atoms with Gasteiger partial charge in [0.25, 0.3) is 0 Å². The van der Waals surface area contributed by atoms with E-state index in [0.29, 0.717) is 6.61 Å². The van der Waals surface area contributed by atoms with Crippen LogP contribution < -0.4 is 4.90 Å². The number of aliphatic hydroxyl groups excluding tert-OH is 1. The molecule has 2 atom stereocenters. The number of aromatic nitrogens is 1. The number of hydrogen-bond acceptors (Lipinski definition) is 4. The third-order valence-corrected chi connectivity index (χ3v) is 2.89. The van der Waals surface area contributed by atoms with Crippen molar-refractivity contribution in [2.45, 2.75) is 26.1 Å². The van der Waals surface area contributed by atoms with Gasteiger partial charge >= 0.3 is 0 Å². The minimum atomic E-state index is -0.429. The Bertz CT molecular complexity index is 337. The van der Waals surface area contributed by atoms with Crippen molar-refractivity contribution in [1.29, 1.82) is 0 Å². The van der Waals surface area contributed by atoms with Crippen molar-refractivity contribution in [2.75, 3.05) is 24.6 Å². The lowest BCUT2D eigenvalue weighted by Gasteiger charge is -2.35. The second-order valence-corrected chi connectivity index (χ2v) is 4.25. The second kappa shape index (κ2) is 4.80. The molecule has 0 saturated carbocycles. The van der Waals surface area contributed by atoms with Gasteiger partial charge in [-0.2, -0.15) is 0 Å². The average molecular weight is 222 g/mol. The van der Waals surface area contributed by atoms with Crippen LogP contribution in [0.3, 0.4) is 0 Å². The molecule has 88 valence electrons. The van der Waals surface area contributed by atoms with E-state index in [2.05, 4.69) is 16.0 Å². The quantitative estimate of drug-likeness (QED) is 0.810. The summed E-state index contributed by atoms with van der Waals surface area (Å²) in [5, 5.41) is 9.52. The summed E-state index contributed by atoms with van der Waals surface area (Å²) in [5.41, 5.74) is 2.11. The molecule has 1 N–H and O–H groups in total. The molecule has 4 nitrogen and oxygen atoms in total. The Balaban J connectivity index is 2.06. The molecule has 2 heterocycles. The third kappa shape index (κ3) is 2.51. The van der Waals surface area contributed by atoms with Crippen molar-refractivity contribution in [2.24, 2.45) is 0 Å². The van der Waals surface area contributed by atoms with Gasteiger partial charge in [0, 0.05) is 18.8 Å². The minimum absolute atomic E-state index is 0.102. The first-order valence-electron chi connectivity index (χ1n) is 5.64. The van der Waals surface area contributed by atoms with Crippen molar-refractivity contribution in [1.82, 2.24) is 4.98 Å². The SMILES string of the molecule is Cc1ccc(N2CCOC([C@@H](C)O)C2)cn1. The van der Waals surface area contributed by atoms with E-state index in [1.54, 1.807) is 6.92 Å². The highest BCUT2D eigenvalue weighted by atomic mass is 16.5. The van der Waals surface area contributed by atoms with Crippen LogP contribution in [0.15, 0.2) is 18.3 Å². The fourth-order valence-electron chi connectivity index (χ4n) is 1.85. The number of rotatable bonds is 2. The second-order valence-electron chi connectivity index (χ2n) is 4.25. The first-order valence-corrected chi connectivity index (χ1v) is 5.64. The summed E-state index contributed by atoms with van der Waals surface area (Å²) in [6, 6.07) is 4.06. The highest BCUT2D eigenvalue weighted by Crippen LogP contribution is 2.18. The van der Waals surface area contributed by atoms with Gasteiger partial charge in [0.1, 0.15) is 6.10 Å². The maximum absolute atomic E-state index is 9.52. The Morgan fingerprint density at radius 2 is 2.38 bits per heavy atom. The molecule has 0 spiro atoms. The highest BCUT2D eigenvalue weighted by Gasteiger charge is 2.24. The minimum Gasteiger partial charge on any atom is -0.391 e. The fraction of sp³-hybridized carbons (Fsp3) is 0.583. The number of aliphatic hydroxyl groups is 1. The summed E-state index contributed by atoms with van der Waals surface area (Å²) < 4.78 is 5.50. The summed E-state index contributed by atoms with van der Waals surface area (Å²) in [4.78, 5) is 6.48. The van der Waals surface area contributed by atoms with Gasteiger partial charge in [-0.15, -0.1) is 0 Å². The largest absolute Gasteiger partial charge is 0.391 e. The molecule has 1 saturated heterocycles. The van der Waals surface area contributed by atoms with E-state index in [1.807, 2.05) is 19.2 Å². The van der Waals surface area contributed by atoms with Crippen LogP contribution >= 0.6 is 0 Å². The van der Waals surface area contributed by atoms with Crippen molar-refractivity contribution in [3.8, 4) is 0 Å². The predicted molar refractivity (Wildman–Crippen MR) is 62.6 cm³/mol. The fourth-order valence-corrected chi connectivity index (χ4v) is 1.85. The zero-order valence-corrected chi connectivity index (χ0v) is 9.76. The Morgan fingerprint density at radius 3 is 3.00 bits per heavy atom. The number of hydrogen-bond donors (Lipinski definition) is 1. The molecule has 0 aliphatic carbocycles. The van der Waals surface area contributed by atoms with Gasteiger partial charge in [0.2, 0.25) is 0 Å². The third-order valence-electron chi connectivity index (χ3n) is 2.89. The normalized spacial score (nSPS) is 23.2. The van der Waals surface area contributed by atoms with E-state index < -0.39 is 6.10 Å². The topological polar surface area (TPSA) is 45.6 Å². The van der Waals surface area contributed by atoms with Crippen LogP contribution in [0.5, 0.6) is 0 Å². The number of nitrogens with zero attached hydrogens (tertiary/aromatic N) is 2. The predicted octanol–water partition coefficient (Wildman–Crippen LogP) is 0.976. The van der Waals surface area contributed by atoms with Gasteiger partial charge in [-0.3, -0.25) is 4.98 Å². The molecule has 0 aromatic carbocycles. The van der Waals surface area contributed by atoms with Crippen LogP contribution in [-0.2, 0) is 4.74 Å². The van der Waals surface area contributed by atoms with E-state index in [-0.39, 0.29) is 6.10 Å². The van der Waals surface area contributed by atoms with E-state index in [4.69, 9.17) is 4.74 Å². The number of ether oxygens (including phenoxy) is 1. The standard InChI is InChI=1S/C12H18N2O2/c1-9-3-4-11(7-13-9)14-5-6-16-12(8-14)10(2)15/h3-4,7,10,12,15H,5-6,8H2,1-2H3/t10-,12?/m1/s1. The molecule has 0 amide bonds. The number of pyridine rings is 1. The Labute approximate surface area is 95.9 Å². The first kappa shape index (κ1) is 11.4. The van der Waals surface area contributed by atoms with E-state index >= 15 is 0 Å². The van der Waals surface area contributed by atoms with Crippen LogP contribution in [0.1, 0.15) is 12.6 Å². The summed E-state index contributed by atoms with van der Waals surface area (Å²) in [5.74, 6) is 0. The van der Waals surface area contributed by atoms with E-state index in [9.17, 15) is 5.11 Å². The van der Waals surface area contributed by atoms with Crippen molar-refractivity contribution >= 4 is 5.69 Å². The van der Waals surface area contributed by atoms with Gasteiger partial charge in [-0.1, -0.05) is 0 Å². The first-order chi connectivity index (χ1) is 7.66. The van der Waals surface area contributed by atoms with Crippen molar-refractivity contribution in [3.05, 3.63) is 24.0 Å². The molecule has 1 unspecified atom stereocenters. The van der Waals surface area contributed by atoms with Gasteiger partial charge in [-0.25, -0.2) is 0 Å². The molecular weight excluding hydrogens is 204 g/mol. The molecule has 1 aromatic heterocycles. The van der Waals surface area contributed by atoms with Crippen LogP contribution in [0.2, 0.25) is 0 Å². The molecule has 2 rings (SSSR count). The summed E-state index contributed by atoms with van der Waals surface area (Å²) >= 11 is 0. The molecule has 1 aliphatic heterocycles. The van der Waals surface area contributed by atoms with E-state index in [0.717, 1.165) is 24.5 Å². The smallest absolute Gasteiger partial charge is 0.101 e. The lowest BCUT2D eigenvalue weighted by atomic mass is 10.1. The molecule has 1 aliphatic rings. The average Bonchev–Trinajstić information content (AvgIpc) is 2.30. The van der Waals surface area contributed by atoms with Crippen LogP contribution in [0.4, 0.5) is 5.69 Å². The van der Waals surface area contributed by atoms with E-state index in [1.165, 1.54) is 0 Å². The summed E-state index contributed by atoms with van der Waals surface area (Å²) in [7, 11) is 0. The summed E-state index contributed by atoms with van der Waals surface area (Å²) in [6.07, 6.45) is 1.34. The molecule has 0 bridgehead atoms. The zero-order valence-electron chi connectivity index (χ0n) is 9.76. The lowest BCUT2D eigenvalue weighted by molar-refractivity contribution is -0.0364. The Kier molecular flexibility index (Phi) is 3.41. The van der Waals surface area contributed by atoms with Gasteiger partial charge < -0.3 is 14.7 Å². The van der Waals surface area contributed by atoms with Crippen LogP contribution in [-0.4, -0.2) is 42.0 Å². The molecule has 1 fully saturated rings. The maximum atomic E-state index is 9.52. The van der Waals surface area contributed by atoms with Gasteiger partial charge in [-0.05, 0) is 26.0 Å². The van der Waals surface area contributed by atoms with Crippen LogP contribution in [0.25, 0.3) is 0 Å². The molecule has 1 aromatic rings. The summed E-state index contributed by atoms with van der Waals surface area (Å²) in [6.45, 7) is 5.98. The molecule has 4 heteroatoms. The monoisotopic (exact) mass is 222 g/mol. The molecular formula is C12H18N2O2. The Hall–Kier alpha value is -1.13. The van der Waals surface area contributed by atoms with Crippen molar-refractivity contribution in [3.63, 3.8) is 0 Å². The van der Waals surface area contributed by atoms with Gasteiger partial charge in [0.15, 0.2) is 0 Å². The maximum Gasteiger partial charge on any atom is 0.101 e. The number of anilines is 1. The number of aryl methyl sites for hydroxylation is 1. The highest BCUT2D eigenvalue weighted by molar-refractivity contribution is 5.45. The lowest BCUT2D eigenvalue weighted by Crippen LogP contribution is -2.47. The molecule has 16 heavy (non-hydrogen) atoms. The zero-order chi connectivity index (χ0) is 11.5. The Morgan fingerprint density at radius 1 is 1.56 bits per heavy atom. The molecule has 0 radical (unpaired) electrons.